The fourth-order valence-corrected chi connectivity index (χ4v) is 3.31. The maximum absolute atomic E-state index is 13.3. The van der Waals surface area contributed by atoms with E-state index in [-0.39, 0.29) is 5.91 Å². The molecule has 0 unspecified atom stereocenters. The van der Waals surface area contributed by atoms with Gasteiger partial charge >= 0.3 is 0 Å². The Kier molecular flexibility index (Phi) is 5.26. The van der Waals surface area contributed by atoms with Gasteiger partial charge in [-0.3, -0.25) is 9.20 Å². The van der Waals surface area contributed by atoms with Crippen LogP contribution in [-0.4, -0.2) is 36.6 Å². The second-order valence-electron chi connectivity index (χ2n) is 6.46. The van der Waals surface area contributed by atoms with Crippen molar-refractivity contribution in [1.29, 1.82) is 0 Å². The highest BCUT2D eigenvalue weighted by Crippen LogP contribution is 2.33. The number of pyridine rings is 1. The lowest BCUT2D eigenvalue weighted by Crippen LogP contribution is -2.16. The van der Waals surface area contributed by atoms with Crippen LogP contribution in [0.15, 0.2) is 66.9 Å². The van der Waals surface area contributed by atoms with Crippen molar-refractivity contribution >= 4 is 17.4 Å². The average molecular weight is 403 g/mol. The molecule has 2 aromatic heterocycles. The number of fused-ring (bicyclic) bond motifs is 1. The summed E-state index contributed by atoms with van der Waals surface area (Å²) in [6.07, 6.45) is 1.85. The van der Waals surface area contributed by atoms with Crippen LogP contribution in [0.3, 0.4) is 0 Å². The molecule has 152 valence electrons. The van der Waals surface area contributed by atoms with Crippen molar-refractivity contribution in [2.24, 2.45) is 0 Å². The lowest BCUT2D eigenvalue weighted by Gasteiger charge is -2.13. The number of nitrogens with zero attached hydrogens (tertiary/aromatic N) is 2. The number of methoxy groups -OCH3 is 3. The zero-order valence-corrected chi connectivity index (χ0v) is 16.9. The Morgan fingerprint density at radius 2 is 1.57 bits per heavy atom. The fourth-order valence-electron chi connectivity index (χ4n) is 3.31. The third kappa shape index (κ3) is 3.41. The SMILES string of the molecule is COc1ccc(-c2nc3ccccn3c2NC(=O)c2c(OC)cccc2OC)cc1. The molecule has 0 saturated heterocycles. The van der Waals surface area contributed by atoms with Crippen LogP contribution in [0, 0.1) is 0 Å². The van der Waals surface area contributed by atoms with Gasteiger partial charge in [-0.2, -0.15) is 0 Å². The number of rotatable bonds is 6. The standard InChI is InChI=1S/C23H21N3O4/c1-28-16-12-10-15(11-13-16)21-22(26-14-5-4-9-19(26)24-21)25-23(27)20-17(29-2)7-6-8-18(20)30-3/h4-14H,1-3H3,(H,25,27). The maximum Gasteiger partial charge on any atom is 0.264 e. The number of carbonyl (C=O) groups excluding carboxylic acids is 1. The highest BCUT2D eigenvalue weighted by Gasteiger charge is 2.22. The summed E-state index contributed by atoms with van der Waals surface area (Å²) in [4.78, 5) is 18.0. The van der Waals surface area contributed by atoms with E-state index in [1.54, 1.807) is 25.3 Å². The molecule has 0 aliphatic rings. The van der Waals surface area contributed by atoms with Gasteiger partial charge in [0.15, 0.2) is 0 Å². The second-order valence-corrected chi connectivity index (χ2v) is 6.46. The van der Waals surface area contributed by atoms with Crippen LogP contribution in [0.5, 0.6) is 17.2 Å². The van der Waals surface area contributed by atoms with Crippen LogP contribution in [0.25, 0.3) is 16.9 Å². The smallest absolute Gasteiger partial charge is 0.264 e. The van der Waals surface area contributed by atoms with E-state index < -0.39 is 0 Å². The monoisotopic (exact) mass is 403 g/mol. The van der Waals surface area contributed by atoms with Crippen LogP contribution >= 0.6 is 0 Å². The lowest BCUT2D eigenvalue weighted by molar-refractivity contribution is 0.102. The minimum Gasteiger partial charge on any atom is -0.497 e. The van der Waals surface area contributed by atoms with Crippen molar-refractivity contribution in [2.45, 2.75) is 0 Å². The Labute approximate surface area is 173 Å². The first-order valence-electron chi connectivity index (χ1n) is 9.30. The number of hydrogen-bond acceptors (Lipinski definition) is 5. The number of hydrogen-bond donors (Lipinski definition) is 1. The third-order valence-corrected chi connectivity index (χ3v) is 4.78. The number of aromatic nitrogens is 2. The van der Waals surface area contributed by atoms with E-state index in [9.17, 15) is 4.79 Å². The molecule has 0 fully saturated rings. The van der Waals surface area contributed by atoms with Gasteiger partial charge in [-0.15, -0.1) is 0 Å². The summed E-state index contributed by atoms with van der Waals surface area (Å²) in [6.45, 7) is 0. The summed E-state index contributed by atoms with van der Waals surface area (Å²) in [5.41, 5.74) is 2.52. The number of amides is 1. The van der Waals surface area contributed by atoms with E-state index >= 15 is 0 Å². The molecule has 0 spiro atoms. The van der Waals surface area contributed by atoms with Crippen molar-refractivity contribution in [1.82, 2.24) is 9.38 Å². The van der Waals surface area contributed by atoms with E-state index in [1.807, 2.05) is 53.1 Å². The normalized spacial score (nSPS) is 10.6. The van der Waals surface area contributed by atoms with Crippen LogP contribution in [0.2, 0.25) is 0 Å². The van der Waals surface area contributed by atoms with E-state index in [0.717, 1.165) is 11.3 Å². The number of carbonyl (C=O) groups is 1. The van der Waals surface area contributed by atoms with Gasteiger partial charge < -0.3 is 19.5 Å². The molecule has 0 radical (unpaired) electrons. The molecule has 2 aromatic carbocycles. The van der Waals surface area contributed by atoms with Gasteiger partial charge in [0.05, 0.1) is 21.3 Å². The van der Waals surface area contributed by atoms with Crippen LogP contribution in [0.4, 0.5) is 5.82 Å². The number of imidazole rings is 1. The molecule has 2 heterocycles. The summed E-state index contributed by atoms with van der Waals surface area (Å²) >= 11 is 0. The van der Waals surface area contributed by atoms with Crippen LogP contribution in [-0.2, 0) is 0 Å². The van der Waals surface area contributed by atoms with Gasteiger partial charge in [0, 0.05) is 11.8 Å². The van der Waals surface area contributed by atoms with Gasteiger partial charge in [0.1, 0.15) is 40.0 Å². The lowest BCUT2D eigenvalue weighted by atomic mass is 10.1. The summed E-state index contributed by atoms with van der Waals surface area (Å²) in [5.74, 6) is 1.78. The molecule has 4 rings (SSSR count). The molecule has 1 N–H and O–H groups in total. The first-order chi connectivity index (χ1) is 14.7. The zero-order chi connectivity index (χ0) is 21.1. The first kappa shape index (κ1) is 19.3. The van der Waals surface area contributed by atoms with E-state index in [2.05, 4.69) is 5.32 Å². The second kappa shape index (κ2) is 8.16. The molecule has 7 nitrogen and oxygen atoms in total. The zero-order valence-electron chi connectivity index (χ0n) is 16.9. The van der Waals surface area contributed by atoms with Gasteiger partial charge in [0.25, 0.3) is 5.91 Å². The highest BCUT2D eigenvalue weighted by molar-refractivity contribution is 6.09. The van der Waals surface area contributed by atoms with Gasteiger partial charge in [-0.1, -0.05) is 12.1 Å². The molecule has 0 aliphatic heterocycles. The minimum absolute atomic E-state index is 0.314. The third-order valence-electron chi connectivity index (χ3n) is 4.78. The van der Waals surface area contributed by atoms with Gasteiger partial charge in [-0.25, -0.2) is 4.98 Å². The topological polar surface area (TPSA) is 74.1 Å². The fraction of sp³-hybridized carbons (Fsp3) is 0.130. The summed E-state index contributed by atoms with van der Waals surface area (Å²) in [5, 5.41) is 3.00. The molecule has 1 amide bonds. The quantitative estimate of drug-likeness (QED) is 0.520. The molecular formula is C23H21N3O4. The van der Waals surface area contributed by atoms with Crippen molar-refractivity contribution < 1.29 is 19.0 Å². The Morgan fingerprint density at radius 3 is 2.20 bits per heavy atom. The van der Waals surface area contributed by atoms with E-state index in [0.29, 0.717) is 34.2 Å². The number of nitrogens with one attached hydrogen (secondary N) is 1. The number of benzene rings is 2. The summed E-state index contributed by atoms with van der Waals surface area (Å²) in [7, 11) is 4.65. The van der Waals surface area contributed by atoms with Crippen LogP contribution < -0.4 is 19.5 Å². The van der Waals surface area contributed by atoms with Crippen molar-refractivity contribution in [3.05, 3.63) is 72.4 Å². The van der Waals surface area contributed by atoms with Gasteiger partial charge in [-0.05, 0) is 48.5 Å². The van der Waals surface area contributed by atoms with E-state index in [4.69, 9.17) is 19.2 Å². The van der Waals surface area contributed by atoms with Crippen LogP contribution in [0.1, 0.15) is 10.4 Å². The Bertz CT molecular complexity index is 1180. The predicted molar refractivity (Wildman–Crippen MR) is 115 cm³/mol. The summed E-state index contributed by atoms with van der Waals surface area (Å²) < 4.78 is 17.8. The molecule has 0 saturated carbocycles. The molecule has 30 heavy (non-hydrogen) atoms. The largest absolute Gasteiger partial charge is 0.497 e. The Balaban J connectivity index is 1.82. The first-order valence-corrected chi connectivity index (χ1v) is 9.30. The van der Waals surface area contributed by atoms with Crippen molar-refractivity contribution in [3.8, 4) is 28.5 Å². The molecule has 0 aliphatic carbocycles. The molecule has 4 aromatic rings. The minimum atomic E-state index is -0.357. The van der Waals surface area contributed by atoms with E-state index in [1.165, 1.54) is 14.2 Å². The Hall–Kier alpha value is -4.00. The molecule has 7 heteroatoms. The van der Waals surface area contributed by atoms with Crippen molar-refractivity contribution in [3.63, 3.8) is 0 Å². The van der Waals surface area contributed by atoms with Crippen molar-refractivity contribution in [2.75, 3.05) is 26.6 Å². The average Bonchev–Trinajstić information content (AvgIpc) is 3.16. The Morgan fingerprint density at radius 1 is 0.867 bits per heavy atom. The van der Waals surface area contributed by atoms with Gasteiger partial charge in [0.2, 0.25) is 0 Å². The molecule has 0 bridgehead atoms. The summed E-state index contributed by atoms with van der Waals surface area (Å²) in [6, 6.07) is 18.4. The maximum atomic E-state index is 13.3. The molecule has 0 atom stereocenters. The number of ether oxygens (including phenoxy) is 3. The highest BCUT2D eigenvalue weighted by atomic mass is 16.5. The predicted octanol–water partition coefficient (Wildman–Crippen LogP) is 4.28. The number of anilines is 1. The molecular weight excluding hydrogens is 382 g/mol.